The predicted molar refractivity (Wildman–Crippen MR) is 135 cm³/mol. The molecule has 0 radical (unpaired) electrons. The van der Waals surface area contributed by atoms with Crippen molar-refractivity contribution in [1.82, 2.24) is 20.1 Å². The van der Waals surface area contributed by atoms with E-state index >= 15 is 0 Å². The number of amides is 1. The van der Waals surface area contributed by atoms with Crippen molar-refractivity contribution in [3.05, 3.63) is 89.5 Å². The lowest BCUT2D eigenvalue weighted by atomic mass is 10.1. The van der Waals surface area contributed by atoms with Crippen molar-refractivity contribution in [1.29, 1.82) is 0 Å². The minimum atomic E-state index is -0.00378. The van der Waals surface area contributed by atoms with E-state index in [2.05, 4.69) is 45.2 Å². The van der Waals surface area contributed by atoms with Crippen molar-refractivity contribution in [2.45, 2.75) is 36.7 Å². The summed E-state index contributed by atoms with van der Waals surface area (Å²) in [6.07, 6.45) is 2.13. The van der Waals surface area contributed by atoms with Crippen LogP contribution in [0.15, 0.2) is 78.0 Å². The van der Waals surface area contributed by atoms with Gasteiger partial charge in [-0.25, -0.2) is 0 Å². The lowest BCUT2D eigenvalue weighted by molar-refractivity contribution is 0.0950. The Morgan fingerprint density at radius 1 is 1.06 bits per heavy atom. The number of carbonyl (C=O) groups excluding carboxylic acids is 1. The van der Waals surface area contributed by atoms with Crippen LogP contribution in [0.2, 0.25) is 0 Å². The molecule has 0 saturated heterocycles. The summed E-state index contributed by atoms with van der Waals surface area (Å²) in [6.45, 7) is 2.07. The lowest BCUT2D eigenvalue weighted by Crippen LogP contribution is -2.26. The Labute approximate surface area is 203 Å². The summed E-state index contributed by atoms with van der Waals surface area (Å²) in [5.41, 5.74) is 4.76. The number of methoxy groups -OCH3 is 1. The van der Waals surface area contributed by atoms with Crippen LogP contribution in [0.4, 0.5) is 0 Å². The molecule has 1 heterocycles. The first kappa shape index (κ1) is 22.2. The number of rotatable bonds is 8. The second-order valence-electron chi connectivity index (χ2n) is 8.41. The first-order chi connectivity index (χ1) is 16.6. The molecule has 1 aromatic heterocycles. The van der Waals surface area contributed by atoms with E-state index in [0.717, 1.165) is 57.5 Å². The molecule has 1 aliphatic carbocycles. The summed E-state index contributed by atoms with van der Waals surface area (Å²) >= 11 is 1.57. The molecule has 7 heteroatoms. The van der Waals surface area contributed by atoms with Crippen molar-refractivity contribution in [3.8, 4) is 22.8 Å². The van der Waals surface area contributed by atoms with Crippen LogP contribution in [0.25, 0.3) is 17.1 Å². The molecule has 4 aromatic rings. The molecule has 6 nitrogen and oxygen atoms in total. The van der Waals surface area contributed by atoms with Crippen LogP contribution in [0.5, 0.6) is 5.75 Å². The van der Waals surface area contributed by atoms with Crippen molar-refractivity contribution in [2.75, 3.05) is 7.11 Å². The number of benzene rings is 3. The van der Waals surface area contributed by atoms with Gasteiger partial charge in [-0.2, -0.15) is 0 Å². The summed E-state index contributed by atoms with van der Waals surface area (Å²) < 4.78 is 7.49. The van der Waals surface area contributed by atoms with Crippen LogP contribution in [0, 0.1) is 6.92 Å². The highest BCUT2D eigenvalue weighted by Gasteiger charge is 2.25. The maximum absolute atomic E-state index is 12.7. The van der Waals surface area contributed by atoms with Gasteiger partial charge in [0.25, 0.3) is 5.91 Å². The van der Waals surface area contributed by atoms with Gasteiger partial charge >= 0.3 is 0 Å². The van der Waals surface area contributed by atoms with Crippen molar-refractivity contribution < 1.29 is 9.53 Å². The lowest BCUT2D eigenvalue weighted by Gasteiger charge is -2.13. The third-order valence-electron chi connectivity index (χ3n) is 5.75. The fourth-order valence-electron chi connectivity index (χ4n) is 3.81. The van der Waals surface area contributed by atoms with Gasteiger partial charge in [0.1, 0.15) is 5.75 Å². The first-order valence-corrected chi connectivity index (χ1v) is 12.3. The monoisotopic (exact) mass is 470 g/mol. The second kappa shape index (κ2) is 9.73. The fraction of sp³-hybridized carbons (Fsp3) is 0.222. The quantitative estimate of drug-likeness (QED) is 0.348. The van der Waals surface area contributed by atoms with Crippen LogP contribution >= 0.6 is 11.8 Å². The molecule has 1 N–H and O–H groups in total. The Morgan fingerprint density at radius 3 is 2.68 bits per heavy atom. The summed E-state index contributed by atoms with van der Waals surface area (Å²) in [6, 6.07) is 24.2. The molecule has 1 amide bonds. The molecule has 0 aliphatic heterocycles. The third-order valence-corrected chi connectivity index (χ3v) is 6.73. The molecule has 3 aromatic carbocycles. The number of aryl methyl sites for hydroxylation is 1. The minimum Gasteiger partial charge on any atom is -0.497 e. The van der Waals surface area contributed by atoms with Crippen LogP contribution < -0.4 is 10.1 Å². The molecule has 1 aliphatic rings. The number of hydrogen-bond acceptors (Lipinski definition) is 5. The van der Waals surface area contributed by atoms with Crippen molar-refractivity contribution in [3.63, 3.8) is 0 Å². The van der Waals surface area contributed by atoms with E-state index in [9.17, 15) is 4.79 Å². The molecule has 0 unspecified atom stereocenters. The average Bonchev–Trinajstić information content (AvgIpc) is 3.57. The standard InChI is InChI=1S/C27H26N4O2S/c1-18-7-5-10-22(15-18)31-25(19-9-6-11-23(16-19)33-2)29-30-27(31)34-17-20-8-3-4-12-24(20)26(32)28-21-13-14-21/h3-12,15-16,21H,13-14,17H2,1-2H3,(H,28,32). The zero-order chi connectivity index (χ0) is 23.5. The second-order valence-corrected chi connectivity index (χ2v) is 9.35. The van der Waals surface area contributed by atoms with Gasteiger partial charge in [-0.1, -0.05) is 54.2 Å². The number of nitrogens with one attached hydrogen (secondary N) is 1. The first-order valence-electron chi connectivity index (χ1n) is 11.3. The van der Waals surface area contributed by atoms with E-state index in [0.29, 0.717) is 11.8 Å². The van der Waals surface area contributed by atoms with Crippen LogP contribution in [-0.2, 0) is 5.75 Å². The van der Waals surface area contributed by atoms with E-state index in [4.69, 9.17) is 4.74 Å². The van der Waals surface area contributed by atoms with Gasteiger partial charge in [0.05, 0.1) is 7.11 Å². The molecule has 34 heavy (non-hydrogen) atoms. The summed E-state index contributed by atoms with van der Waals surface area (Å²) in [4.78, 5) is 12.7. The summed E-state index contributed by atoms with van der Waals surface area (Å²) in [5, 5.41) is 12.9. The number of thioether (sulfide) groups is 1. The van der Waals surface area contributed by atoms with Gasteiger partial charge in [0.15, 0.2) is 11.0 Å². The topological polar surface area (TPSA) is 69.0 Å². The smallest absolute Gasteiger partial charge is 0.251 e. The van der Waals surface area contributed by atoms with Gasteiger partial charge in [0, 0.05) is 28.6 Å². The Hall–Kier alpha value is -3.58. The number of carbonyl (C=O) groups is 1. The maximum atomic E-state index is 12.7. The Balaban J connectivity index is 1.49. The number of aromatic nitrogens is 3. The fourth-order valence-corrected chi connectivity index (χ4v) is 4.77. The zero-order valence-electron chi connectivity index (χ0n) is 19.2. The van der Waals surface area contributed by atoms with E-state index in [-0.39, 0.29) is 5.91 Å². The number of nitrogens with zero attached hydrogens (tertiary/aromatic N) is 3. The Kier molecular flexibility index (Phi) is 6.36. The van der Waals surface area contributed by atoms with Crippen LogP contribution in [0.3, 0.4) is 0 Å². The van der Waals surface area contributed by atoms with Crippen LogP contribution in [0.1, 0.15) is 34.3 Å². The molecular formula is C27H26N4O2S. The van der Waals surface area contributed by atoms with Crippen molar-refractivity contribution in [2.24, 2.45) is 0 Å². The highest BCUT2D eigenvalue weighted by atomic mass is 32.2. The number of hydrogen-bond donors (Lipinski definition) is 1. The van der Waals surface area contributed by atoms with E-state index in [1.165, 1.54) is 0 Å². The van der Waals surface area contributed by atoms with Gasteiger partial charge in [-0.15, -0.1) is 10.2 Å². The minimum absolute atomic E-state index is 0.00378. The van der Waals surface area contributed by atoms with Crippen LogP contribution in [-0.4, -0.2) is 33.8 Å². The Bertz CT molecular complexity index is 1330. The predicted octanol–water partition coefficient (Wildman–Crippen LogP) is 5.44. The van der Waals surface area contributed by atoms with Crippen molar-refractivity contribution >= 4 is 17.7 Å². The van der Waals surface area contributed by atoms with Gasteiger partial charge in [0.2, 0.25) is 0 Å². The SMILES string of the molecule is COc1cccc(-c2nnc(SCc3ccccc3C(=O)NC3CC3)n2-c2cccc(C)c2)c1. The molecule has 1 saturated carbocycles. The Morgan fingerprint density at radius 2 is 1.88 bits per heavy atom. The molecule has 1 fully saturated rings. The molecule has 0 bridgehead atoms. The average molecular weight is 471 g/mol. The third kappa shape index (κ3) is 4.84. The van der Waals surface area contributed by atoms with E-state index in [1.807, 2.05) is 54.6 Å². The summed E-state index contributed by atoms with van der Waals surface area (Å²) in [7, 11) is 1.66. The van der Waals surface area contributed by atoms with Gasteiger partial charge < -0.3 is 10.1 Å². The highest BCUT2D eigenvalue weighted by molar-refractivity contribution is 7.98. The zero-order valence-corrected chi connectivity index (χ0v) is 20.0. The van der Waals surface area contributed by atoms with E-state index < -0.39 is 0 Å². The van der Waals surface area contributed by atoms with Gasteiger partial charge in [-0.3, -0.25) is 9.36 Å². The highest BCUT2D eigenvalue weighted by Crippen LogP contribution is 2.32. The molecule has 172 valence electrons. The molecule has 0 atom stereocenters. The number of ether oxygens (including phenoxy) is 1. The van der Waals surface area contributed by atoms with Gasteiger partial charge in [-0.05, 0) is 61.2 Å². The molecular weight excluding hydrogens is 444 g/mol. The largest absolute Gasteiger partial charge is 0.497 e. The normalized spacial score (nSPS) is 13.0. The summed E-state index contributed by atoms with van der Waals surface area (Å²) in [5.74, 6) is 2.11. The molecule has 5 rings (SSSR count). The molecule has 0 spiro atoms. The van der Waals surface area contributed by atoms with E-state index in [1.54, 1.807) is 18.9 Å². The maximum Gasteiger partial charge on any atom is 0.251 e.